The average Bonchev–Trinajstić information content (AvgIpc) is 3.04. The number of anilines is 2. The van der Waals surface area contributed by atoms with Crippen molar-refractivity contribution >= 4 is 29.2 Å². The molecule has 1 aliphatic rings. The first-order valence-corrected chi connectivity index (χ1v) is 9.37. The number of carbonyl (C=O) groups is 1. The maximum atomic E-state index is 12.7. The summed E-state index contributed by atoms with van der Waals surface area (Å²) in [5, 5.41) is 3.33. The maximum Gasteiger partial charge on any atom is 0.259 e. The van der Waals surface area contributed by atoms with Crippen LogP contribution in [0, 0.1) is 0 Å². The summed E-state index contributed by atoms with van der Waals surface area (Å²) in [7, 11) is 0. The Morgan fingerprint density at radius 1 is 1.29 bits per heavy atom. The van der Waals surface area contributed by atoms with Gasteiger partial charge in [-0.3, -0.25) is 4.79 Å². The highest BCUT2D eigenvalue weighted by Crippen LogP contribution is 2.29. The molecule has 0 atom stereocenters. The zero-order chi connectivity index (χ0) is 17.2. The third-order valence-electron chi connectivity index (χ3n) is 4.39. The number of rotatable bonds is 5. The van der Waals surface area contributed by atoms with Crippen molar-refractivity contribution in [3.05, 3.63) is 53.7 Å². The van der Waals surface area contributed by atoms with Gasteiger partial charge in [-0.15, -0.1) is 0 Å². The van der Waals surface area contributed by atoms with Crippen LogP contribution in [-0.4, -0.2) is 35.0 Å². The second-order valence-corrected chi connectivity index (χ2v) is 8.10. The summed E-state index contributed by atoms with van der Waals surface area (Å²) in [6.45, 7) is 5.94. The fourth-order valence-electron chi connectivity index (χ4n) is 2.71. The van der Waals surface area contributed by atoms with Gasteiger partial charge < -0.3 is 10.2 Å². The van der Waals surface area contributed by atoms with Crippen molar-refractivity contribution in [1.82, 2.24) is 4.98 Å². The van der Waals surface area contributed by atoms with Crippen molar-refractivity contribution < 1.29 is 4.79 Å². The summed E-state index contributed by atoms with van der Waals surface area (Å²) in [5.74, 6) is 0.818. The Kier molecular flexibility index (Phi) is 4.81. The third-order valence-corrected chi connectivity index (χ3v) is 5.64. The molecular formula is C19H23N3OS. The highest BCUT2D eigenvalue weighted by molar-refractivity contribution is 7.99. The number of hydrogen-bond acceptors (Lipinski definition) is 4. The highest BCUT2D eigenvalue weighted by Gasteiger charge is 2.25. The third kappa shape index (κ3) is 3.56. The topological polar surface area (TPSA) is 45.2 Å². The summed E-state index contributed by atoms with van der Waals surface area (Å²) in [6, 6.07) is 11.8. The first kappa shape index (κ1) is 16.8. The molecule has 2 heterocycles. The van der Waals surface area contributed by atoms with Crippen LogP contribution in [0.25, 0.3) is 0 Å². The van der Waals surface area contributed by atoms with E-state index in [4.69, 9.17) is 0 Å². The molecule has 0 saturated carbocycles. The van der Waals surface area contributed by atoms with E-state index in [0.717, 1.165) is 31.0 Å². The molecule has 5 heteroatoms. The van der Waals surface area contributed by atoms with E-state index in [2.05, 4.69) is 36.5 Å². The minimum absolute atomic E-state index is 0.0171. The molecule has 4 nitrogen and oxygen atoms in total. The predicted molar refractivity (Wildman–Crippen MR) is 102 cm³/mol. The smallest absolute Gasteiger partial charge is 0.259 e. The Morgan fingerprint density at radius 2 is 2.08 bits per heavy atom. The number of carbonyl (C=O) groups excluding carboxylic acids is 1. The number of nitrogens with zero attached hydrogens (tertiary/aromatic N) is 2. The molecule has 0 fully saturated rings. The van der Waals surface area contributed by atoms with E-state index < -0.39 is 0 Å². The van der Waals surface area contributed by atoms with Crippen LogP contribution in [0.3, 0.4) is 0 Å². The number of hydrogen-bond donors (Lipinski definition) is 1. The summed E-state index contributed by atoms with van der Waals surface area (Å²) in [5.41, 5.74) is 2.88. The average molecular weight is 341 g/mol. The molecule has 0 aliphatic carbocycles. The van der Waals surface area contributed by atoms with Crippen LogP contribution in [0.4, 0.5) is 11.5 Å². The van der Waals surface area contributed by atoms with Crippen LogP contribution in [0.15, 0.2) is 42.6 Å². The number of benzene rings is 1. The molecule has 1 aliphatic heterocycles. The van der Waals surface area contributed by atoms with E-state index in [-0.39, 0.29) is 10.7 Å². The van der Waals surface area contributed by atoms with Gasteiger partial charge in [0.15, 0.2) is 0 Å². The normalized spacial score (nSPS) is 13.7. The van der Waals surface area contributed by atoms with E-state index in [1.54, 1.807) is 6.20 Å². The first-order valence-electron chi connectivity index (χ1n) is 8.15. The minimum Gasteiger partial charge on any atom is -0.369 e. The Balaban J connectivity index is 1.69. The highest BCUT2D eigenvalue weighted by atomic mass is 32.2. The Hall–Kier alpha value is -2.01. The zero-order valence-electron chi connectivity index (χ0n) is 14.4. The lowest BCUT2D eigenvalue weighted by atomic mass is 10.2. The number of pyridine rings is 1. The van der Waals surface area contributed by atoms with Crippen molar-refractivity contribution in [3.8, 4) is 0 Å². The van der Waals surface area contributed by atoms with Crippen molar-refractivity contribution in [1.29, 1.82) is 0 Å². The lowest BCUT2D eigenvalue weighted by Gasteiger charge is -2.22. The van der Waals surface area contributed by atoms with Crippen LogP contribution in [0.5, 0.6) is 0 Å². The van der Waals surface area contributed by atoms with Gasteiger partial charge >= 0.3 is 0 Å². The van der Waals surface area contributed by atoms with Crippen LogP contribution >= 0.6 is 11.8 Å². The maximum absolute atomic E-state index is 12.7. The minimum atomic E-state index is 0.0171. The number of thioether (sulfide) groups is 1. The second kappa shape index (κ2) is 6.85. The predicted octanol–water partition coefficient (Wildman–Crippen LogP) is 3.84. The number of aromatic nitrogens is 1. The van der Waals surface area contributed by atoms with Crippen molar-refractivity contribution in [2.75, 3.05) is 29.6 Å². The molecule has 126 valence electrons. The summed E-state index contributed by atoms with van der Waals surface area (Å²) < 4.78 is 0.148. The molecular weight excluding hydrogens is 318 g/mol. The summed E-state index contributed by atoms with van der Waals surface area (Å²) >= 11 is 1.81. The second-order valence-electron chi connectivity index (χ2n) is 6.58. The molecule has 1 aromatic heterocycles. The molecule has 24 heavy (non-hydrogen) atoms. The standard InChI is InChI=1S/C19H23N3OS/c1-19(2,24-3)13-21-17-9-8-15(12-20-17)18(23)22-11-10-14-6-4-5-7-16(14)22/h4-9,12H,10-11,13H2,1-3H3,(H,20,21). The number of fused-ring (bicyclic) bond motifs is 1. The van der Waals surface area contributed by atoms with Crippen LogP contribution < -0.4 is 10.2 Å². The van der Waals surface area contributed by atoms with Gasteiger partial charge in [0.05, 0.1) is 5.56 Å². The van der Waals surface area contributed by atoms with E-state index in [0.29, 0.717) is 5.56 Å². The monoisotopic (exact) mass is 341 g/mol. The number of para-hydroxylation sites is 1. The Labute approximate surface area is 147 Å². The van der Waals surface area contributed by atoms with E-state index >= 15 is 0 Å². The van der Waals surface area contributed by atoms with E-state index in [9.17, 15) is 4.79 Å². The van der Waals surface area contributed by atoms with Gasteiger partial charge in [0.25, 0.3) is 5.91 Å². The summed E-state index contributed by atoms with van der Waals surface area (Å²) in [6.07, 6.45) is 4.68. The Bertz CT molecular complexity index is 728. The Morgan fingerprint density at radius 3 is 2.79 bits per heavy atom. The molecule has 0 unspecified atom stereocenters. The SMILES string of the molecule is CSC(C)(C)CNc1ccc(C(=O)N2CCc3ccccc32)cn1. The lowest BCUT2D eigenvalue weighted by Crippen LogP contribution is -2.29. The number of nitrogens with one attached hydrogen (secondary N) is 1. The fourth-order valence-corrected chi connectivity index (χ4v) is 2.92. The molecule has 0 saturated heterocycles. The van der Waals surface area contributed by atoms with E-state index in [1.807, 2.05) is 47.0 Å². The molecule has 3 rings (SSSR count). The fraction of sp³-hybridized carbons (Fsp3) is 0.368. The van der Waals surface area contributed by atoms with Crippen LogP contribution in [-0.2, 0) is 6.42 Å². The lowest BCUT2D eigenvalue weighted by molar-refractivity contribution is 0.0989. The van der Waals surface area contributed by atoms with Gasteiger partial charge in [-0.2, -0.15) is 11.8 Å². The molecule has 2 aromatic rings. The zero-order valence-corrected chi connectivity index (χ0v) is 15.2. The van der Waals surface area contributed by atoms with Crippen LogP contribution in [0.1, 0.15) is 29.8 Å². The molecule has 1 N–H and O–H groups in total. The van der Waals surface area contributed by atoms with Gasteiger partial charge in [-0.05, 0) is 50.3 Å². The van der Waals surface area contributed by atoms with Gasteiger partial charge in [0.1, 0.15) is 5.82 Å². The molecule has 1 amide bonds. The molecule has 0 bridgehead atoms. The van der Waals surface area contributed by atoms with Gasteiger partial charge in [-0.25, -0.2) is 4.98 Å². The van der Waals surface area contributed by atoms with Gasteiger partial charge in [0, 0.05) is 29.7 Å². The van der Waals surface area contributed by atoms with E-state index in [1.165, 1.54) is 5.56 Å². The quantitative estimate of drug-likeness (QED) is 0.897. The molecule has 0 radical (unpaired) electrons. The molecule has 0 spiro atoms. The molecule has 1 aromatic carbocycles. The van der Waals surface area contributed by atoms with Gasteiger partial charge in [0.2, 0.25) is 0 Å². The van der Waals surface area contributed by atoms with Crippen LogP contribution in [0.2, 0.25) is 0 Å². The van der Waals surface area contributed by atoms with Gasteiger partial charge in [-0.1, -0.05) is 18.2 Å². The summed E-state index contributed by atoms with van der Waals surface area (Å²) in [4.78, 5) is 19.0. The largest absolute Gasteiger partial charge is 0.369 e. The number of amides is 1. The van der Waals surface area contributed by atoms with Crippen molar-refractivity contribution in [2.24, 2.45) is 0 Å². The van der Waals surface area contributed by atoms with Crippen molar-refractivity contribution in [3.63, 3.8) is 0 Å². The first-order chi connectivity index (χ1) is 11.5. The van der Waals surface area contributed by atoms with Crippen molar-refractivity contribution in [2.45, 2.75) is 25.0 Å².